The predicted octanol–water partition coefficient (Wildman–Crippen LogP) is 1.20. The number of nitrogens with zero attached hydrogens (tertiary/aromatic N) is 1. The SMILES string of the molecule is Cc1ccc(O)c(/C=N\CC(=O)O)c1. The lowest BCUT2D eigenvalue weighted by molar-refractivity contribution is -0.135. The molecule has 0 bridgehead atoms. The van der Waals surface area contributed by atoms with Gasteiger partial charge in [0.1, 0.15) is 12.3 Å². The van der Waals surface area contributed by atoms with Gasteiger partial charge in [-0.15, -0.1) is 0 Å². The maximum Gasteiger partial charge on any atom is 0.325 e. The Morgan fingerprint density at radius 2 is 2.29 bits per heavy atom. The fraction of sp³-hybridized carbons (Fsp3) is 0.200. The number of aryl methyl sites for hydroxylation is 1. The molecule has 1 rings (SSSR count). The van der Waals surface area contributed by atoms with Crippen molar-refractivity contribution in [3.05, 3.63) is 29.3 Å². The molecule has 4 nitrogen and oxygen atoms in total. The summed E-state index contributed by atoms with van der Waals surface area (Å²) in [7, 11) is 0. The van der Waals surface area contributed by atoms with Crippen LogP contribution in [-0.4, -0.2) is 28.9 Å². The van der Waals surface area contributed by atoms with Crippen molar-refractivity contribution in [2.75, 3.05) is 6.54 Å². The molecular formula is C10H11NO3. The molecule has 0 unspecified atom stereocenters. The van der Waals surface area contributed by atoms with Gasteiger partial charge in [-0.3, -0.25) is 9.79 Å². The lowest BCUT2D eigenvalue weighted by atomic mass is 10.1. The van der Waals surface area contributed by atoms with Crippen molar-refractivity contribution < 1.29 is 15.0 Å². The average molecular weight is 193 g/mol. The predicted molar refractivity (Wildman–Crippen MR) is 52.9 cm³/mol. The molecule has 0 atom stereocenters. The second-order valence-corrected chi connectivity index (χ2v) is 2.93. The molecule has 1 aromatic carbocycles. The first-order chi connectivity index (χ1) is 6.59. The van der Waals surface area contributed by atoms with Crippen molar-refractivity contribution in [3.63, 3.8) is 0 Å². The summed E-state index contributed by atoms with van der Waals surface area (Å²) in [6.45, 7) is 1.60. The van der Waals surface area contributed by atoms with Gasteiger partial charge < -0.3 is 10.2 Å². The minimum absolute atomic E-state index is 0.102. The molecule has 0 aromatic heterocycles. The number of benzene rings is 1. The molecule has 74 valence electrons. The van der Waals surface area contributed by atoms with Crippen molar-refractivity contribution >= 4 is 12.2 Å². The number of carboxylic acids is 1. The normalized spacial score (nSPS) is 10.6. The summed E-state index contributed by atoms with van der Waals surface area (Å²) in [6.07, 6.45) is 1.36. The molecule has 0 amide bonds. The second kappa shape index (κ2) is 4.41. The van der Waals surface area contributed by atoms with Gasteiger partial charge in [0.25, 0.3) is 0 Å². The molecule has 0 spiro atoms. The molecule has 0 radical (unpaired) electrons. The third-order valence-corrected chi connectivity index (χ3v) is 1.64. The Labute approximate surface area is 81.5 Å². The molecule has 2 N–H and O–H groups in total. The van der Waals surface area contributed by atoms with E-state index in [-0.39, 0.29) is 12.3 Å². The highest BCUT2D eigenvalue weighted by Gasteiger charge is 1.98. The van der Waals surface area contributed by atoms with Gasteiger partial charge in [0.2, 0.25) is 0 Å². The highest BCUT2D eigenvalue weighted by Crippen LogP contribution is 2.15. The van der Waals surface area contributed by atoms with Crippen molar-refractivity contribution in [1.29, 1.82) is 0 Å². The van der Waals surface area contributed by atoms with E-state index in [0.717, 1.165) is 5.56 Å². The van der Waals surface area contributed by atoms with Crippen molar-refractivity contribution in [1.82, 2.24) is 0 Å². The molecule has 0 aliphatic rings. The van der Waals surface area contributed by atoms with Crippen molar-refractivity contribution in [2.45, 2.75) is 6.92 Å². The molecule has 0 fully saturated rings. The van der Waals surface area contributed by atoms with E-state index in [0.29, 0.717) is 5.56 Å². The van der Waals surface area contributed by atoms with E-state index in [9.17, 15) is 9.90 Å². The Morgan fingerprint density at radius 3 is 2.93 bits per heavy atom. The van der Waals surface area contributed by atoms with Crippen LogP contribution in [-0.2, 0) is 4.79 Å². The van der Waals surface area contributed by atoms with Gasteiger partial charge in [-0.1, -0.05) is 11.6 Å². The van der Waals surface area contributed by atoms with E-state index in [1.54, 1.807) is 18.2 Å². The summed E-state index contributed by atoms with van der Waals surface area (Å²) in [5, 5.41) is 17.7. The number of carboxylic acid groups (broad SMARTS) is 1. The monoisotopic (exact) mass is 193 g/mol. The number of phenols is 1. The van der Waals surface area contributed by atoms with E-state index in [1.165, 1.54) is 6.21 Å². The van der Waals surface area contributed by atoms with Crippen LogP contribution in [0, 0.1) is 6.92 Å². The van der Waals surface area contributed by atoms with E-state index in [1.807, 2.05) is 6.92 Å². The Bertz CT molecular complexity index is 372. The molecule has 0 heterocycles. The van der Waals surface area contributed by atoms with Gasteiger partial charge in [0.05, 0.1) is 0 Å². The zero-order chi connectivity index (χ0) is 10.6. The molecular weight excluding hydrogens is 182 g/mol. The summed E-state index contributed by atoms with van der Waals surface area (Å²) in [6, 6.07) is 5.06. The number of aliphatic carboxylic acids is 1. The first kappa shape index (κ1) is 10.2. The molecule has 0 aliphatic heterocycles. The Hall–Kier alpha value is -1.84. The summed E-state index contributed by atoms with van der Waals surface area (Å²) in [5.74, 6) is -0.891. The van der Waals surface area contributed by atoms with Crippen LogP contribution in [0.4, 0.5) is 0 Å². The fourth-order valence-electron chi connectivity index (χ4n) is 0.999. The van der Waals surface area contributed by atoms with E-state index < -0.39 is 5.97 Å². The standard InChI is InChI=1S/C10H11NO3/c1-7-2-3-9(12)8(4-7)5-11-6-10(13)14/h2-5,12H,6H2,1H3,(H,13,14)/b11-5-. The van der Waals surface area contributed by atoms with Crippen LogP contribution in [0.2, 0.25) is 0 Å². The molecule has 14 heavy (non-hydrogen) atoms. The summed E-state index contributed by atoms with van der Waals surface area (Å²) in [4.78, 5) is 13.8. The lowest BCUT2D eigenvalue weighted by Gasteiger charge is -1.99. The van der Waals surface area contributed by atoms with E-state index in [2.05, 4.69) is 4.99 Å². The van der Waals surface area contributed by atoms with Crippen LogP contribution in [0.5, 0.6) is 5.75 Å². The minimum atomic E-state index is -0.992. The quantitative estimate of drug-likeness (QED) is 0.709. The van der Waals surface area contributed by atoms with E-state index >= 15 is 0 Å². The minimum Gasteiger partial charge on any atom is -0.507 e. The zero-order valence-corrected chi connectivity index (χ0v) is 7.77. The van der Waals surface area contributed by atoms with Crippen LogP contribution >= 0.6 is 0 Å². The topological polar surface area (TPSA) is 69.9 Å². The van der Waals surface area contributed by atoms with Crippen molar-refractivity contribution in [2.24, 2.45) is 4.99 Å². The highest BCUT2D eigenvalue weighted by molar-refractivity contribution is 5.85. The number of aromatic hydroxyl groups is 1. The third-order valence-electron chi connectivity index (χ3n) is 1.64. The first-order valence-corrected chi connectivity index (χ1v) is 4.11. The van der Waals surface area contributed by atoms with Crippen LogP contribution in [0.25, 0.3) is 0 Å². The lowest BCUT2D eigenvalue weighted by Crippen LogP contribution is -1.99. The number of aliphatic imine (C=N–C) groups is 1. The highest BCUT2D eigenvalue weighted by atomic mass is 16.4. The molecule has 0 saturated heterocycles. The maximum absolute atomic E-state index is 10.2. The van der Waals surface area contributed by atoms with Crippen LogP contribution in [0.1, 0.15) is 11.1 Å². The van der Waals surface area contributed by atoms with Gasteiger partial charge in [0, 0.05) is 11.8 Å². The smallest absolute Gasteiger partial charge is 0.325 e. The molecule has 0 aliphatic carbocycles. The summed E-state index contributed by atoms with van der Waals surface area (Å²) in [5.41, 5.74) is 1.52. The second-order valence-electron chi connectivity index (χ2n) is 2.93. The van der Waals surface area contributed by atoms with Crippen molar-refractivity contribution in [3.8, 4) is 5.75 Å². The zero-order valence-electron chi connectivity index (χ0n) is 7.77. The number of phenolic OH excluding ortho intramolecular Hbond substituents is 1. The number of hydrogen-bond acceptors (Lipinski definition) is 3. The van der Waals surface area contributed by atoms with Crippen LogP contribution in [0.3, 0.4) is 0 Å². The van der Waals surface area contributed by atoms with Gasteiger partial charge >= 0.3 is 5.97 Å². The van der Waals surface area contributed by atoms with Gasteiger partial charge in [-0.05, 0) is 19.1 Å². The fourth-order valence-corrected chi connectivity index (χ4v) is 0.999. The summed E-state index contributed by atoms with van der Waals surface area (Å²) < 4.78 is 0. The number of hydrogen-bond donors (Lipinski definition) is 2. The van der Waals surface area contributed by atoms with Crippen LogP contribution in [0.15, 0.2) is 23.2 Å². The largest absolute Gasteiger partial charge is 0.507 e. The summed E-state index contributed by atoms with van der Waals surface area (Å²) >= 11 is 0. The average Bonchev–Trinajstić information content (AvgIpc) is 2.10. The molecule has 4 heteroatoms. The van der Waals surface area contributed by atoms with Crippen LogP contribution < -0.4 is 0 Å². The molecule has 0 saturated carbocycles. The Morgan fingerprint density at radius 1 is 1.57 bits per heavy atom. The van der Waals surface area contributed by atoms with Gasteiger partial charge in [-0.2, -0.15) is 0 Å². The maximum atomic E-state index is 10.2. The van der Waals surface area contributed by atoms with Gasteiger partial charge in [0.15, 0.2) is 0 Å². The number of rotatable bonds is 3. The Kier molecular flexibility index (Phi) is 3.23. The first-order valence-electron chi connectivity index (χ1n) is 4.11. The number of carbonyl (C=O) groups is 1. The molecule has 1 aromatic rings. The third kappa shape index (κ3) is 2.90. The van der Waals surface area contributed by atoms with E-state index in [4.69, 9.17) is 5.11 Å². The van der Waals surface area contributed by atoms with Gasteiger partial charge in [-0.25, -0.2) is 0 Å². The Balaban J connectivity index is 2.80.